The monoisotopic (exact) mass is 191 g/mol. The molecule has 0 unspecified atom stereocenters. The fraction of sp³-hybridized carbons (Fsp3) is 0.500. The van der Waals surface area contributed by atoms with E-state index in [-0.39, 0.29) is 8.80 Å². The molecule has 0 aliphatic carbocycles. The lowest BCUT2D eigenvalue weighted by atomic mass is 10.2. The first-order chi connectivity index (χ1) is 6.36. The minimum absolute atomic E-state index is 0.0209. The maximum Gasteiger partial charge on any atom is 0.0476 e. The normalized spacial score (nSPS) is 10.7. The Hall–Kier alpha value is -0.563. The molecule has 0 aliphatic heterocycles. The highest BCUT2D eigenvalue weighted by molar-refractivity contribution is 6.58. The largest absolute Gasteiger partial charge is 0.0680 e. The van der Waals surface area contributed by atoms with Gasteiger partial charge in [-0.2, -0.15) is 0 Å². The third kappa shape index (κ3) is 3.77. The molecule has 1 aromatic rings. The summed E-state index contributed by atoms with van der Waals surface area (Å²) in [6.45, 7) is 4.67. The molecule has 0 aliphatic rings. The van der Waals surface area contributed by atoms with Crippen LogP contribution in [0.25, 0.3) is 0 Å². The molecule has 13 heavy (non-hydrogen) atoms. The second kappa shape index (κ2) is 5.98. The van der Waals surface area contributed by atoms with E-state index in [1.54, 1.807) is 0 Å². The van der Waals surface area contributed by atoms with Gasteiger partial charge in [0.15, 0.2) is 0 Å². The van der Waals surface area contributed by atoms with Gasteiger partial charge in [0.05, 0.1) is 0 Å². The number of hydrogen-bond acceptors (Lipinski definition) is 0. The molecule has 0 N–H and O–H groups in total. The summed E-state index contributed by atoms with van der Waals surface area (Å²) in [5, 5.41) is 0. The summed E-state index contributed by atoms with van der Waals surface area (Å²) in [7, 11) is -0.0209. The third-order valence-electron chi connectivity index (χ3n) is 2.61. The summed E-state index contributed by atoms with van der Waals surface area (Å²) in [5.74, 6) is 0. The Bertz CT molecular complexity index is 214. The lowest BCUT2D eigenvalue weighted by Gasteiger charge is -2.09. The van der Waals surface area contributed by atoms with E-state index in [9.17, 15) is 0 Å². The van der Waals surface area contributed by atoms with Gasteiger partial charge in [0.2, 0.25) is 0 Å². The van der Waals surface area contributed by atoms with Crippen LogP contribution in [0.1, 0.15) is 19.4 Å². The fourth-order valence-corrected chi connectivity index (χ4v) is 3.42. The van der Waals surface area contributed by atoms with Crippen LogP contribution >= 0.6 is 0 Å². The van der Waals surface area contributed by atoms with Gasteiger partial charge in [-0.25, -0.2) is 0 Å². The predicted molar refractivity (Wildman–Crippen MR) is 61.7 cm³/mol. The Kier molecular flexibility index (Phi) is 4.84. The first-order valence-electron chi connectivity index (χ1n) is 5.24. The van der Waals surface area contributed by atoms with Crippen LogP contribution in [-0.2, 0) is 6.42 Å². The minimum atomic E-state index is -0.0209. The molecule has 0 saturated heterocycles. The third-order valence-corrected chi connectivity index (χ3v) is 5.57. The number of benzene rings is 1. The van der Waals surface area contributed by atoms with Crippen molar-refractivity contribution in [2.24, 2.45) is 0 Å². The summed E-state index contributed by atoms with van der Waals surface area (Å²) in [5.41, 5.74) is 1.51. The molecular weight excluding hydrogens is 172 g/mol. The summed E-state index contributed by atoms with van der Waals surface area (Å²) < 4.78 is 0. The molecule has 0 heterocycles. The molecular formula is C12H19Si. The van der Waals surface area contributed by atoms with Gasteiger partial charge < -0.3 is 0 Å². The summed E-state index contributed by atoms with van der Waals surface area (Å²) in [6, 6.07) is 15.1. The van der Waals surface area contributed by atoms with Crippen molar-refractivity contribution in [2.75, 3.05) is 0 Å². The predicted octanol–water partition coefficient (Wildman–Crippen LogP) is 3.76. The molecule has 1 radical (unpaired) electrons. The van der Waals surface area contributed by atoms with E-state index in [2.05, 4.69) is 44.2 Å². The van der Waals surface area contributed by atoms with Gasteiger partial charge >= 0.3 is 0 Å². The number of hydrogen-bond donors (Lipinski definition) is 0. The van der Waals surface area contributed by atoms with Gasteiger partial charge in [0, 0.05) is 8.80 Å². The van der Waals surface area contributed by atoms with Crippen LogP contribution in [0.2, 0.25) is 18.1 Å². The van der Waals surface area contributed by atoms with Gasteiger partial charge in [-0.1, -0.05) is 62.3 Å². The van der Waals surface area contributed by atoms with Crippen molar-refractivity contribution in [3.8, 4) is 0 Å². The summed E-state index contributed by atoms with van der Waals surface area (Å²) in [6.07, 6.45) is 1.29. The molecule has 1 heteroatoms. The van der Waals surface area contributed by atoms with Crippen molar-refractivity contribution >= 4 is 8.80 Å². The lowest BCUT2D eigenvalue weighted by Crippen LogP contribution is -2.09. The highest BCUT2D eigenvalue weighted by Crippen LogP contribution is 2.10. The van der Waals surface area contributed by atoms with E-state index >= 15 is 0 Å². The average Bonchev–Trinajstić information content (AvgIpc) is 2.21. The molecule has 1 aromatic carbocycles. The molecule has 0 spiro atoms. The smallest absolute Gasteiger partial charge is 0.0476 e. The molecule has 0 fully saturated rings. The highest BCUT2D eigenvalue weighted by Gasteiger charge is 2.04. The van der Waals surface area contributed by atoms with Crippen LogP contribution in [0, 0.1) is 0 Å². The summed E-state index contributed by atoms with van der Waals surface area (Å²) >= 11 is 0. The van der Waals surface area contributed by atoms with Crippen LogP contribution in [0.3, 0.4) is 0 Å². The van der Waals surface area contributed by atoms with Gasteiger partial charge in [-0.3, -0.25) is 0 Å². The van der Waals surface area contributed by atoms with Crippen molar-refractivity contribution in [1.82, 2.24) is 0 Å². The Balaban J connectivity index is 2.34. The number of rotatable bonds is 5. The van der Waals surface area contributed by atoms with E-state index in [1.165, 1.54) is 30.1 Å². The van der Waals surface area contributed by atoms with Crippen molar-refractivity contribution < 1.29 is 0 Å². The van der Waals surface area contributed by atoms with Crippen LogP contribution in [0.4, 0.5) is 0 Å². The standard InChI is InChI=1S/C12H19Si/c1-3-13(4-2)11-10-12-8-6-5-7-9-12/h5-9H,3-4,10-11H2,1-2H3. The van der Waals surface area contributed by atoms with Crippen molar-refractivity contribution in [2.45, 2.75) is 38.4 Å². The average molecular weight is 191 g/mol. The van der Waals surface area contributed by atoms with E-state index < -0.39 is 0 Å². The Morgan fingerprint density at radius 2 is 1.62 bits per heavy atom. The maximum atomic E-state index is 2.34. The fourth-order valence-electron chi connectivity index (χ4n) is 1.57. The van der Waals surface area contributed by atoms with Crippen molar-refractivity contribution in [3.05, 3.63) is 35.9 Å². The first-order valence-corrected chi connectivity index (χ1v) is 7.36. The second-order valence-electron chi connectivity index (χ2n) is 3.44. The van der Waals surface area contributed by atoms with Crippen molar-refractivity contribution in [3.63, 3.8) is 0 Å². The maximum absolute atomic E-state index is 2.34. The summed E-state index contributed by atoms with van der Waals surface area (Å²) in [4.78, 5) is 0. The highest BCUT2D eigenvalue weighted by atomic mass is 28.3. The van der Waals surface area contributed by atoms with Crippen LogP contribution in [0.5, 0.6) is 0 Å². The molecule has 0 bridgehead atoms. The molecule has 0 atom stereocenters. The second-order valence-corrected chi connectivity index (χ2v) is 6.86. The Morgan fingerprint density at radius 3 is 2.15 bits per heavy atom. The molecule has 0 nitrogen and oxygen atoms in total. The topological polar surface area (TPSA) is 0 Å². The SMILES string of the molecule is CC[Si](CC)CCc1ccccc1. The molecule has 0 amide bonds. The first kappa shape index (κ1) is 10.5. The molecule has 0 saturated carbocycles. The minimum Gasteiger partial charge on any atom is -0.0680 e. The van der Waals surface area contributed by atoms with Gasteiger partial charge in [0.1, 0.15) is 0 Å². The quantitative estimate of drug-likeness (QED) is 0.622. The van der Waals surface area contributed by atoms with E-state index in [4.69, 9.17) is 0 Å². The van der Waals surface area contributed by atoms with Gasteiger partial charge in [-0.05, 0) is 12.0 Å². The van der Waals surface area contributed by atoms with E-state index in [0.29, 0.717) is 0 Å². The molecule has 1 rings (SSSR count). The van der Waals surface area contributed by atoms with E-state index in [0.717, 1.165) is 0 Å². The zero-order valence-corrected chi connectivity index (χ0v) is 9.72. The van der Waals surface area contributed by atoms with Gasteiger partial charge in [0.25, 0.3) is 0 Å². The zero-order valence-electron chi connectivity index (χ0n) is 8.72. The van der Waals surface area contributed by atoms with E-state index in [1.807, 2.05) is 0 Å². The lowest BCUT2D eigenvalue weighted by molar-refractivity contribution is 1.08. The Morgan fingerprint density at radius 1 is 1.00 bits per heavy atom. The van der Waals surface area contributed by atoms with Gasteiger partial charge in [-0.15, -0.1) is 0 Å². The van der Waals surface area contributed by atoms with Crippen molar-refractivity contribution in [1.29, 1.82) is 0 Å². The van der Waals surface area contributed by atoms with Crippen LogP contribution in [-0.4, -0.2) is 8.80 Å². The Labute approximate surface area is 83.6 Å². The van der Waals surface area contributed by atoms with Crippen LogP contribution < -0.4 is 0 Å². The zero-order chi connectivity index (χ0) is 9.52. The molecule has 71 valence electrons. The molecule has 0 aromatic heterocycles. The van der Waals surface area contributed by atoms with Crippen LogP contribution in [0.15, 0.2) is 30.3 Å². The number of aryl methyl sites for hydroxylation is 1.